The molecular weight excluding hydrogens is 472 g/mol. The van der Waals surface area contributed by atoms with Gasteiger partial charge in [-0.05, 0) is 63.8 Å². The van der Waals surface area contributed by atoms with Crippen molar-refractivity contribution in [2.24, 2.45) is 0 Å². The van der Waals surface area contributed by atoms with Crippen molar-refractivity contribution < 1.29 is 19.2 Å². The van der Waals surface area contributed by atoms with E-state index < -0.39 is 11.5 Å². The summed E-state index contributed by atoms with van der Waals surface area (Å²) in [7, 11) is 1.58. The highest BCUT2D eigenvalue weighted by atomic mass is 16.5. The van der Waals surface area contributed by atoms with Crippen molar-refractivity contribution in [2.75, 3.05) is 7.11 Å². The number of ether oxygens (including phenoxy) is 1. The van der Waals surface area contributed by atoms with Crippen LogP contribution in [0.25, 0.3) is 22.0 Å². The number of hydrogen-bond acceptors (Lipinski definition) is 7. The lowest BCUT2D eigenvalue weighted by atomic mass is 9.93. The molecule has 1 fully saturated rings. The fraction of sp³-hybridized carbons (Fsp3) is 0.357. The summed E-state index contributed by atoms with van der Waals surface area (Å²) in [6.07, 6.45) is 3.96. The third-order valence-electron chi connectivity index (χ3n) is 7.04. The predicted molar refractivity (Wildman–Crippen MR) is 139 cm³/mol. The van der Waals surface area contributed by atoms with Gasteiger partial charge in [0.1, 0.15) is 17.1 Å². The zero-order chi connectivity index (χ0) is 26.1. The molecule has 37 heavy (non-hydrogen) atoms. The number of methoxy groups -OCH3 is 1. The Kier molecular flexibility index (Phi) is 6.80. The van der Waals surface area contributed by atoms with Crippen LogP contribution in [-0.4, -0.2) is 45.0 Å². The van der Waals surface area contributed by atoms with Gasteiger partial charge in [0, 0.05) is 29.3 Å². The number of fused-ring (bicyclic) bond motifs is 1. The molecule has 1 aliphatic rings. The van der Waals surface area contributed by atoms with Gasteiger partial charge in [-0.15, -0.1) is 0 Å². The number of aliphatic hydroxyl groups is 1. The van der Waals surface area contributed by atoms with E-state index in [1.165, 1.54) is 0 Å². The minimum atomic E-state index is -0.419. The maximum atomic E-state index is 13.7. The minimum absolute atomic E-state index is 0.0597. The number of nitrogens with one attached hydrogen (secondary N) is 1. The van der Waals surface area contributed by atoms with E-state index in [1.54, 1.807) is 23.9 Å². The average Bonchev–Trinajstić information content (AvgIpc) is 3.24. The minimum Gasteiger partial charge on any atom is -0.496 e. The van der Waals surface area contributed by atoms with E-state index in [2.05, 4.69) is 15.5 Å². The molecule has 0 unspecified atom stereocenters. The maximum Gasteiger partial charge on any atom is 0.264 e. The summed E-state index contributed by atoms with van der Waals surface area (Å²) in [6.45, 7) is 3.89. The third kappa shape index (κ3) is 4.86. The van der Waals surface area contributed by atoms with Crippen LogP contribution < -0.4 is 15.6 Å². The van der Waals surface area contributed by atoms with Gasteiger partial charge in [0.05, 0.1) is 42.2 Å². The average molecular weight is 503 g/mol. The van der Waals surface area contributed by atoms with E-state index in [4.69, 9.17) is 9.26 Å². The van der Waals surface area contributed by atoms with Crippen LogP contribution in [0, 0.1) is 13.8 Å². The van der Waals surface area contributed by atoms with Crippen molar-refractivity contribution in [3.05, 3.63) is 75.7 Å². The molecule has 0 radical (unpaired) electrons. The molecule has 1 amide bonds. The monoisotopic (exact) mass is 502 g/mol. The first-order chi connectivity index (χ1) is 17.9. The van der Waals surface area contributed by atoms with Gasteiger partial charge in [-0.3, -0.25) is 14.6 Å². The molecule has 0 saturated heterocycles. The lowest BCUT2D eigenvalue weighted by Gasteiger charge is -2.26. The van der Waals surface area contributed by atoms with Gasteiger partial charge >= 0.3 is 0 Å². The van der Waals surface area contributed by atoms with E-state index in [9.17, 15) is 14.7 Å². The highest BCUT2D eigenvalue weighted by molar-refractivity contribution is 5.99. The van der Waals surface area contributed by atoms with Crippen molar-refractivity contribution in [1.29, 1.82) is 0 Å². The zero-order valence-electron chi connectivity index (χ0n) is 21.2. The normalized spacial score (nSPS) is 17.6. The Morgan fingerprint density at radius 3 is 2.62 bits per heavy atom. The van der Waals surface area contributed by atoms with Crippen LogP contribution in [0.2, 0.25) is 0 Å². The lowest BCUT2D eigenvalue weighted by Crippen LogP contribution is -2.41. The maximum absolute atomic E-state index is 13.7. The molecule has 0 spiro atoms. The van der Waals surface area contributed by atoms with Gasteiger partial charge in [0.2, 0.25) is 0 Å². The van der Waals surface area contributed by atoms with E-state index in [1.807, 2.05) is 44.2 Å². The van der Waals surface area contributed by atoms with Gasteiger partial charge in [0.25, 0.3) is 11.5 Å². The molecule has 3 aromatic heterocycles. The molecule has 3 heterocycles. The van der Waals surface area contributed by atoms with Crippen LogP contribution in [0.1, 0.15) is 53.2 Å². The summed E-state index contributed by atoms with van der Waals surface area (Å²) in [5, 5.41) is 17.6. The third-order valence-corrected chi connectivity index (χ3v) is 7.04. The molecule has 1 saturated carbocycles. The molecule has 5 rings (SSSR count). The quantitative estimate of drug-likeness (QED) is 0.412. The van der Waals surface area contributed by atoms with Crippen LogP contribution in [0.3, 0.4) is 0 Å². The Labute approximate surface area is 214 Å². The van der Waals surface area contributed by atoms with Gasteiger partial charge < -0.3 is 24.3 Å². The summed E-state index contributed by atoms with van der Waals surface area (Å²) < 4.78 is 12.7. The van der Waals surface area contributed by atoms with Crippen LogP contribution in [0.15, 0.2) is 51.9 Å². The molecule has 1 aliphatic carbocycles. The molecule has 2 N–H and O–H groups in total. The van der Waals surface area contributed by atoms with Crippen molar-refractivity contribution in [1.82, 2.24) is 20.0 Å². The van der Waals surface area contributed by atoms with E-state index in [-0.39, 0.29) is 24.3 Å². The number of hydrogen-bond donors (Lipinski definition) is 2. The predicted octanol–water partition coefficient (Wildman–Crippen LogP) is 3.76. The number of rotatable bonds is 6. The molecule has 9 nitrogen and oxygen atoms in total. The van der Waals surface area contributed by atoms with Gasteiger partial charge in [-0.25, -0.2) is 0 Å². The Hall–Kier alpha value is -3.98. The largest absolute Gasteiger partial charge is 0.496 e. The number of carbonyl (C=O) groups excluding carboxylic acids is 1. The molecule has 192 valence electrons. The smallest absolute Gasteiger partial charge is 0.264 e. The van der Waals surface area contributed by atoms with Gasteiger partial charge in [0.15, 0.2) is 0 Å². The van der Waals surface area contributed by atoms with Crippen molar-refractivity contribution in [3.8, 4) is 16.9 Å². The highest BCUT2D eigenvalue weighted by Crippen LogP contribution is 2.37. The molecule has 0 bridgehead atoms. The lowest BCUT2D eigenvalue weighted by molar-refractivity contribution is 0.0866. The van der Waals surface area contributed by atoms with Crippen LogP contribution >= 0.6 is 0 Å². The molecule has 4 aromatic rings. The Morgan fingerprint density at radius 1 is 1.19 bits per heavy atom. The second kappa shape index (κ2) is 10.2. The van der Waals surface area contributed by atoms with E-state index >= 15 is 0 Å². The second-order valence-corrected chi connectivity index (χ2v) is 9.56. The zero-order valence-corrected chi connectivity index (χ0v) is 21.2. The van der Waals surface area contributed by atoms with E-state index in [0.29, 0.717) is 53.8 Å². The SMILES string of the molecule is COc1cc2c(cc1-c1c(C)noc1C)cc(C(=O)N[C@H]1CC[C@H](O)CC1)c(=O)n2Cc1ccccn1. The van der Waals surface area contributed by atoms with E-state index in [0.717, 1.165) is 16.8 Å². The summed E-state index contributed by atoms with van der Waals surface area (Å²) >= 11 is 0. The number of pyridine rings is 2. The number of aryl methyl sites for hydroxylation is 2. The molecule has 0 atom stereocenters. The molecule has 1 aromatic carbocycles. The Bertz CT molecular complexity index is 1480. The fourth-order valence-electron chi connectivity index (χ4n) is 5.10. The van der Waals surface area contributed by atoms with Gasteiger partial charge in [-0.1, -0.05) is 11.2 Å². The number of benzene rings is 1. The molecular formula is C28H30N4O5. The van der Waals surface area contributed by atoms with Crippen molar-refractivity contribution >= 4 is 16.8 Å². The summed E-state index contributed by atoms with van der Waals surface area (Å²) in [5.74, 6) is 0.793. The fourth-order valence-corrected chi connectivity index (χ4v) is 5.10. The Balaban J connectivity index is 1.66. The first kappa shape index (κ1) is 24.7. The molecule has 0 aliphatic heterocycles. The first-order valence-corrected chi connectivity index (χ1v) is 12.4. The van der Waals surface area contributed by atoms with Crippen LogP contribution in [0.5, 0.6) is 5.75 Å². The summed E-state index contributed by atoms with van der Waals surface area (Å²) in [4.78, 5) is 31.5. The highest BCUT2D eigenvalue weighted by Gasteiger charge is 2.25. The topological polar surface area (TPSA) is 119 Å². The second-order valence-electron chi connectivity index (χ2n) is 9.56. The van der Waals surface area contributed by atoms with Gasteiger partial charge in [-0.2, -0.15) is 0 Å². The number of amides is 1. The van der Waals surface area contributed by atoms with Crippen molar-refractivity contribution in [2.45, 2.75) is 58.2 Å². The standard InChI is InChI=1S/C28H30N4O5/c1-16-26(17(2)37-31-16)22-12-18-13-23(27(34)30-19-7-9-21(33)10-8-19)28(35)32(24(18)14-25(22)36-3)15-20-6-4-5-11-29-20/h4-6,11-14,19,21,33H,7-10,15H2,1-3H3,(H,30,34)/t19-,21-. The molecule has 9 heteroatoms. The number of aromatic nitrogens is 3. The van der Waals surface area contributed by atoms with Crippen LogP contribution in [0.4, 0.5) is 0 Å². The summed E-state index contributed by atoms with van der Waals surface area (Å²) in [6, 6.07) is 10.8. The Morgan fingerprint density at radius 2 is 1.97 bits per heavy atom. The van der Waals surface area contributed by atoms with Crippen LogP contribution in [-0.2, 0) is 6.54 Å². The number of nitrogens with zero attached hydrogens (tertiary/aromatic N) is 3. The number of aliphatic hydroxyl groups excluding tert-OH is 1. The summed E-state index contributed by atoms with van der Waals surface area (Å²) in [5.41, 5.74) is 3.27. The van der Waals surface area contributed by atoms with Crippen molar-refractivity contribution in [3.63, 3.8) is 0 Å². The first-order valence-electron chi connectivity index (χ1n) is 12.4. The number of carbonyl (C=O) groups is 1.